The predicted molar refractivity (Wildman–Crippen MR) is 97.9 cm³/mol. The van der Waals surface area contributed by atoms with Gasteiger partial charge in [0.2, 0.25) is 0 Å². The van der Waals surface area contributed by atoms with E-state index in [1.165, 1.54) is 0 Å². The van der Waals surface area contributed by atoms with Gasteiger partial charge in [0.05, 0.1) is 13.2 Å². The quantitative estimate of drug-likeness (QED) is 0.703. The van der Waals surface area contributed by atoms with Crippen molar-refractivity contribution in [3.63, 3.8) is 0 Å². The van der Waals surface area contributed by atoms with Crippen molar-refractivity contribution in [3.8, 4) is 17.2 Å². The lowest BCUT2D eigenvalue weighted by atomic mass is 10.2. The molecule has 0 bridgehead atoms. The Labute approximate surface area is 148 Å². The number of benzene rings is 2. The van der Waals surface area contributed by atoms with Gasteiger partial charge in [-0.25, -0.2) is 0 Å². The summed E-state index contributed by atoms with van der Waals surface area (Å²) in [5, 5.41) is 3.33. The molecule has 1 aliphatic heterocycles. The highest BCUT2D eigenvalue weighted by molar-refractivity contribution is 5.46. The third kappa shape index (κ3) is 5.29. The molecular weight excluding hydrogens is 318 g/mol. The normalized spacial score (nSPS) is 16.4. The van der Waals surface area contributed by atoms with E-state index in [1.807, 2.05) is 48.5 Å². The largest absolute Gasteiger partial charge is 0.493 e. The zero-order valence-electron chi connectivity index (χ0n) is 14.6. The van der Waals surface area contributed by atoms with Crippen molar-refractivity contribution < 1.29 is 18.9 Å². The van der Waals surface area contributed by atoms with Crippen molar-refractivity contribution in [2.75, 3.05) is 38.8 Å². The van der Waals surface area contributed by atoms with Crippen LogP contribution in [0.5, 0.6) is 17.2 Å². The molecular formula is C20H25NO4. The fraction of sp³-hybridized carbons (Fsp3) is 0.400. The van der Waals surface area contributed by atoms with Gasteiger partial charge >= 0.3 is 0 Å². The molecule has 5 nitrogen and oxygen atoms in total. The molecule has 0 amide bonds. The number of hydrogen-bond acceptors (Lipinski definition) is 5. The van der Waals surface area contributed by atoms with Crippen LogP contribution >= 0.6 is 0 Å². The maximum atomic E-state index is 5.76. The van der Waals surface area contributed by atoms with E-state index in [0.29, 0.717) is 19.8 Å². The van der Waals surface area contributed by atoms with E-state index in [2.05, 4.69) is 5.32 Å². The summed E-state index contributed by atoms with van der Waals surface area (Å²) < 4.78 is 22.3. The van der Waals surface area contributed by atoms with Gasteiger partial charge in [-0.15, -0.1) is 0 Å². The molecule has 0 saturated carbocycles. The molecule has 1 N–H and O–H groups in total. The monoisotopic (exact) mass is 343 g/mol. The van der Waals surface area contributed by atoms with Gasteiger partial charge in [0, 0.05) is 18.8 Å². The van der Waals surface area contributed by atoms with Crippen molar-refractivity contribution in [3.05, 3.63) is 48.5 Å². The van der Waals surface area contributed by atoms with Crippen molar-refractivity contribution in [1.82, 2.24) is 0 Å². The molecule has 134 valence electrons. The smallest absolute Gasteiger partial charge is 0.161 e. The zero-order chi connectivity index (χ0) is 17.3. The Hall–Kier alpha value is -2.40. The Morgan fingerprint density at radius 2 is 1.84 bits per heavy atom. The summed E-state index contributed by atoms with van der Waals surface area (Å²) in [4.78, 5) is 0. The summed E-state index contributed by atoms with van der Waals surface area (Å²) in [7, 11) is 1.64. The Kier molecular flexibility index (Phi) is 6.40. The van der Waals surface area contributed by atoms with Crippen molar-refractivity contribution in [1.29, 1.82) is 0 Å². The average Bonchev–Trinajstić information content (AvgIpc) is 3.18. The highest BCUT2D eigenvalue weighted by Gasteiger charge is 2.15. The third-order valence-electron chi connectivity index (χ3n) is 4.07. The van der Waals surface area contributed by atoms with Crippen LogP contribution in [0.1, 0.15) is 12.8 Å². The molecule has 0 radical (unpaired) electrons. The number of methoxy groups -OCH3 is 1. The first-order valence-electron chi connectivity index (χ1n) is 8.69. The van der Waals surface area contributed by atoms with E-state index < -0.39 is 0 Å². The summed E-state index contributed by atoms with van der Waals surface area (Å²) in [6, 6.07) is 15.6. The highest BCUT2D eigenvalue weighted by atomic mass is 16.5. The van der Waals surface area contributed by atoms with E-state index in [1.54, 1.807) is 7.11 Å². The molecule has 1 fully saturated rings. The van der Waals surface area contributed by atoms with E-state index in [-0.39, 0.29) is 6.10 Å². The number of rotatable bonds is 9. The molecule has 1 unspecified atom stereocenters. The van der Waals surface area contributed by atoms with Gasteiger partial charge in [-0.2, -0.15) is 0 Å². The summed E-state index contributed by atoms with van der Waals surface area (Å²) in [6.45, 7) is 2.74. The molecule has 1 atom stereocenters. The van der Waals surface area contributed by atoms with E-state index in [9.17, 15) is 0 Å². The lowest BCUT2D eigenvalue weighted by Gasteiger charge is -2.13. The van der Waals surface area contributed by atoms with E-state index in [4.69, 9.17) is 18.9 Å². The molecule has 0 aliphatic carbocycles. The number of ether oxygens (including phenoxy) is 4. The SMILES string of the molecule is COc1ccccc1OCCNc1ccc(OCC2CCCO2)cc1. The number of hydrogen-bond donors (Lipinski definition) is 1. The second kappa shape index (κ2) is 9.18. The minimum absolute atomic E-state index is 0.241. The fourth-order valence-electron chi connectivity index (χ4n) is 2.73. The maximum Gasteiger partial charge on any atom is 0.161 e. The van der Waals surface area contributed by atoms with Crippen molar-refractivity contribution in [2.24, 2.45) is 0 Å². The number of anilines is 1. The van der Waals surface area contributed by atoms with Crippen LogP contribution in [0, 0.1) is 0 Å². The molecule has 2 aromatic carbocycles. The van der Waals surface area contributed by atoms with Gasteiger partial charge in [0.1, 0.15) is 19.0 Å². The van der Waals surface area contributed by atoms with Crippen LogP contribution in [0.2, 0.25) is 0 Å². The van der Waals surface area contributed by atoms with E-state index >= 15 is 0 Å². The van der Waals surface area contributed by atoms with Crippen LogP contribution in [0.3, 0.4) is 0 Å². The topological polar surface area (TPSA) is 49.0 Å². The van der Waals surface area contributed by atoms with Crippen LogP contribution in [0.4, 0.5) is 5.69 Å². The minimum Gasteiger partial charge on any atom is -0.493 e. The third-order valence-corrected chi connectivity index (χ3v) is 4.07. The first-order chi connectivity index (χ1) is 12.3. The number of para-hydroxylation sites is 2. The first kappa shape index (κ1) is 17.4. The standard InChI is InChI=1S/C20H25NO4/c1-22-19-6-2-3-7-20(19)24-14-12-21-16-8-10-17(11-9-16)25-15-18-5-4-13-23-18/h2-3,6-11,18,21H,4-5,12-15H2,1H3. The van der Waals surface area contributed by atoms with Crippen LogP contribution < -0.4 is 19.5 Å². The molecule has 1 aliphatic rings. The number of nitrogens with one attached hydrogen (secondary N) is 1. The zero-order valence-corrected chi connectivity index (χ0v) is 14.6. The van der Waals surface area contributed by atoms with Crippen molar-refractivity contribution in [2.45, 2.75) is 18.9 Å². The lowest BCUT2D eigenvalue weighted by Crippen LogP contribution is -2.16. The highest BCUT2D eigenvalue weighted by Crippen LogP contribution is 2.25. The van der Waals surface area contributed by atoms with Gasteiger partial charge in [0.15, 0.2) is 11.5 Å². The van der Waals surface area contributed by atoms with Gasteiger partial charge < -0.3 is 24.3 Å². The second-order valence-electron chi connectivity index (χ2n) is 5.90. The first-order valence-corrected chi connectivity index (χ1v) is 8.69. The molecule has 0 aromatic heterocycles. The predicted octanol–water partition coefficient (Wildman–Crippen LogP) is 3.74. The van der Waals surface area contributed by atoms with Crippen LogP contribution in [-0.4, -0.2) is 39.6 Å². The summed E-state index contributed by atoms with van der Waals surface area (Å²) in [5.41, 5.74) is 1.04. The Morgan fingerprint density at radius 3 is 2.56 bits per heavy atom. The minimum atomic E-state index is 0.241. The Balaban J connectivity index is 1.38. The average molecular weight is 343 g/mol. The van der Waals surface area contributed by atoms with E-state index in [0.717, 1.165) is 42.4 Å². The van der Waals surface area contributed by atoms with Crippen LogP contribution in [0.25, 0.3) is 0 Å². The van der Waals surface area contributed by atoms with Crippen molar-refractivity contribution >= 4 is 5.69 Å². The lowest BCUT2D eigenvalue weighted by molar-refractivity contribution is 0.0679. The van der Waals surface area contributed by atoms with Crippen LogP contribution in [-0.2, 0) is 4.74 Å². The molecule has 25 heavy (non-hydrogen) atoms. The van der Waals surface area contributed by atoms with Gasteiger partial charge in [-0.1, -0.05) is 12.1 Å². The molecule has 0 spiro atoms. The molecule has 1 saturated heterocycles. The molecule has 1 heterocycles. The Morgan fingerprint density at radius 1 is 1.04 bits per heavy atom. The Bertz CT molecular complexity index is 638. The van der Waals surface area contributed by atoms with Crippen LogP contribution in [0.15, 0.2) is 48.5 Å². The molecule has 5 heteroatoms. The molecule has 3 rings (SSSR count). The maximum absolute atomic E-state index is 5.76. The van der Waals surface area contributed by atoms with Gasteiger partial charge in [0.25, 0.3) is 0 Å². The van der Waals surface area contributed by atoms with Gasteiger partial charge in [-0.05, 0) is 49.2 Å². The summed E-state index contributed by atoms with van der Waals surface area (Å²) in [6.07, 6.45) is 2.46. The molecule has 2 aromatic rings. The summed E-state index contributed by atoms with van der Waals surface area (Å²) in [5.74, 6) is 2.37. The second-order valence-corrected chi connectivity index (χ2v) is 5.90. The fourth-order valence-corrected chi connectivity index (χ4v) is 2.73. The summed E-state index contributed by atoms with van der Waals surface area (Å²) >= 11 is 0. The van der Waals surface area contributed by atoms with Gasteiger partial charge in [-0.3, -0.25) is 0 Å².